The normalized spacial score (nSPS) is 31.1. The van der Waals surface area contributed by atoms with Gasteiger partial charge in [0, 0.05) is 19.8 Å². The van der Waals surface area contributed by atoms with Crippen LogP contribution in [0, 0.1) is 0 Å². The molecule has 1 N–H and O–H groups in total. The molecular weight excluding hydrogens is 178 g/mol. The highest BCUT2D eigenvalue weighted by Crippen LogP contribution is 2.26. The van der Waals surface area contributed by atoms with Crippen molar-refractivity contribution in [3.63, 3.8) is 0 Å². The van der Waals surface area contributed by atoms with E-state index in [-0.39, 0.29) is 12.2 Å². The van der Waals surface area contributed by atoms with Gasteiger partial charge in [0.1, 0.15) is 0 Å². The maximum absolute atomic E-state index is 5.53. The van der Waals surface area contributed by atoms with Gasteiger partial charge in [-0.05, 0) is 26.3 Å². The molecule has 3 nitrogen and oxygen atoms in total. The Balaban J connectivity index is 2.18. The zero-order chi connectivity index (χ0) is 10.4. The van der Waals surface area contributed by atoms with Crippen molar-refractivity contribution >= 4 is 0 Å². The predicted octanol–water partition coefficient (Wildman–Crippen LogP) is 1.34. The van der Waals surface area contributed by atoms with E-state index in [0.29, 0.717) is 6.04 Å². The fourth-order valence-corrected chi connectivity index (χ4v) is 1.85. The molecule has 0 aliphatic heterocycles. The minimum atomic E-state index is 0.222. The smallest absolute Gasteiger partial charge is 0.0986 e. The summed E-state index contributed by atoms with van der Waals surface area (Å²) in [6, 6.07) is 0.455. The summed E-state index contributed by atoms with van der Waals surface area (Å²) >= 11 is 0. The molecule has 3 heteroatoms. The zero-order valence-electron chi connectivity index (χ0n) is 9.16. The summed E-state index contributed by atoms with van der Waals surface area (Å²) in [6.45, 7) is 7.45. The second-order valence-electron chi connectivity index (χ2n) is 3.57. The van der Waals surface area contributed by atoms with E-state index in [1.165, 1.54) is 0 Å². The van der Waals surface area contributed by atoms with Gasteiger partial charge in [-0.2, -0.15) is 0 Å². The fourth-order valence-electron chi connectivity index (χ4n) is 1.85. The first kappa shape index (κ1) is 11.7. The monoisotopic (exact) mass is 199 g/mol. The lowest BCUT2D eigenvalue weighted by Crippen LogP contribution is -2.59. The van der Waals surface area contributed by atoms with E-state index >= 15 is 0 Å². The van der Waals surface area contributed by atoms with Gasteiger partial charge in [0.2, 0.25) is 0 Å². The lowest BCUT2D eigenvalue weighted by atomic mass is 9.85. The Morgan fingerprint density at radius 2 is 2.36 bits per heavy atom. The van der Waals surface area contributed by atoms with E-state index in [4.69, 9.17) is 9.47 Å². The summed E-state index contributed by atoms with van der Waals surface area (Å²) in [4.78, 5) is 0. The molecule has 1 aliphatic carbocycles. The van der Waals surface area contributed by atoms with E-state index in [0.717, 1.165) is 26.0 Å². The molecule has 0 aromatic rings. The van der Waals surface area contributed by atoms with Crippen molar-refractivity contribution in [1.29, 1.82) is 0 Å². The van der Waals surface area contributed by atoms with E-state index in [2.05, 4.69) is 11.9 Å². The topological polar surface area (TPSA) is 30.5 Å². The first-order valence-corrected chi connectivity index (χ1v) is 5.32. The van der Waals surface area contributed by atoms with Gasteiger partial charge in [0.15, 0.2) is 0 Å². The van der Waals surface area contributed by atoms with Crippen LogP contribution in [-0.4, -0.2) is 38.5 Å². The Bertz CT molecular complexity index is 173. The number of rotatable bonds is 7. The highest BCUT2D eigenvalue weighted by molar-refractivity contribution is 4.97. The van der Waals surface area contributed by atoms with Crippen molar-refractivity contribution in [3.8, 4) is 0 Å². The molecule has 3 unspecified atom stereocenters. The van der Waals surface area contributed by atoms with Gasteiger partial charge in [0.25, 0.3) is 0 Å². The summed E-state index contributed by atoms with van der Waals surface area (Å²) in [5.74, 6) is 0. The fraction of sp³-hybridized carbons (Fsp3) is 0.818. The number of methoxy groups -OCH3 is 1. The maximum Gasteiger partial charge on any atom is 0.0986 e. The van der Waals surface area contributed by atoms with Crippen molar-refractivity contribution < 1.29 is 9.47 Å². The van der Waals surface area contributed by atoms with Crippen LogP contribution >= 0.6 is 0 Å². The average Bonchev–Trinajstić information content (AvgIpc) is 2.16. The number of ether oxygens (including phenoxy) is 2. The highest BCUT2D eigenvalue weighted by atomic mass is 16.5. The average molecular weight is 199 g/mol. The van der Waals surface area contributed by atoms with E-state index in [1.807, 2.05) is 13.0 Å². The quantitative estimate of drug-likeness (QED) is 0.496. The summed E-state index contributed by atoms with van der Waals surface area (Å²) in [5.41, 5.74) is 0. The van der Waals surface area contributed by atoms with Crippen LogP contribution in [0.25, 0.3) is 0 Å². The molecule has 1 rings (SSSR count). The molecule has 0 amide bonds. The first-order valence-electron chi connectivity index (χ1n) is 5.32. The van der Waals surface area contributed by atoms with Crippen molar-refractivity contribution in [2.75, 3.05) is 20.3 Å². The van der Waals surface area contributed by atoms with Gasteiger partial charge < -0.3 is 14.8 Å². The Kier molecular flexibility index (Phi) is 5.15. The Labute approximate surface area is 86.5 Å². The van der Waals surface area contributed by atoms with E-state index in [9.17, 15) is 0 Å². The Hall–Kier alpha value is -0.380. The van der Waals surface area contributed by atoms with Crippen LogP contribution in [0.15, 0.2) is 12.7 Å². The van der Waals surface area contributed by atoms with Crippen LogP contribution in [0.4, 0.5) is 0 Å². The molecule has 0 aromatic carbocycles. The number of hydrogen-bond acceptors (Lipinski definition) is 3. The second-order valence-corrected chi connectivity index (χ2v) is 3.57. The molecule has 0 bridgehead atoms. The number of nitrogens with one attached hydrogen (secondary N) is 1. The SMILES string of the molecule is C=CCCNC1CC(OCC)C1OC. The van der Waals surface area contributed by atoms with Crippen LogP contribution in [-0.2, 0) is 9.47 Å². The van der Waals surface area contributed by atoms with Crippen molar-refractivity contribution in [3.05, 3.63) is 12.7 Å². The summed E-state index contributed by atoms with van der Waals surface area (Å²) in [6.07, 6.45) is 4.49. The van der Waals surface area contributed by atoms with Crippen LogP contribution in [0.5, 0.6) is 0 Å². The van der Waals surface area contributed by atoms with Crippen molar-refractivity contribution in [1.82, 2.24) is 5.32 Å². The summed E-state index contributed by atoms with van der Waals surface area (Å²) < 4.78 is 10.9. The molecule has 0 radical (unpaired) electrons. The Morgan fingerprint density at radius 1 is 1.57 bits per heavy atom. The third kappa shape index (κ3) is 2.80. The summed E-state index contributed by atoms with van der Waals surface area (Å²) in [5, 5.41) is 3.43. The van der Waals surface area contributed by atoms with Crippen LogP contribution in [0.2, 0.25) is 0 Å². The predicted molar refractivity (Wildman–Crippen MR) is 57.4 cm³/mol. The highest BCUT2D eigenvalue weighted by Gasteiger charge is 2.41. The molecule has 1 aliphatic rings. The van der Waals surface area contributed by atoms with E-state index < -0.39 is 0 Å². The molecule has 0 heterocycles. The van der Waals surface area contributed by atoms with Crippen molar-refractivity contribution in [2.24, 2.45) is 0 Å². The molecule has 0 spiro atoms. The molecular formula is C11H21NO2. The van der Waals surface area contributed by atoms with E-state index in [1.54, 1.807) is 7.11 Å². The minimum Gasteiger partial charge on any atom is -0.377 e. The molecule has 3 atom stereocenters. The third-order valence-corrected chi connectivity index (χ3v) is 2.66. The summed E-state index contributed by atoms with van der Waals surface area (Å²) in [7, 11) is 1.75. The molecule has 0 aromatic heterocycles. The van der Waals surface area contributed by atoms with Gasteiger partial charge >= 0.3 is 0 Å². The Morgan fingerprint density at radius 3 is 2.93 bits per heavy atom. The van der Waals surface area contributed by atoms with Crippen LogP contribution in [0.1, 0.15) is 19.8 Å². The zero-order valence-corrected chi connectivity index (χ0v) is 9.16. The second kappa shape index (κ2) is 6.17. The van der Waals surface area contributed by atoms with Gasteiger partial charge in [-0.15, -0.1) is 6.58 Å². The minimum absolute atomic E-state index is 0.222. The third-order valence-electron chi connectivity index (χ3n) is 2.66. The van der Waals surface area contributed by atoms with Crippen molar-refractivity contribution in [2.45, 2.75) is 38.0 Å². The molecule has 82 valence electrons. The van der Waals surface area contributed by atoms with Gasteiger partial charge in [0.05, 0.1) is 12.2 Å². The first-order chi connectivity index (χ1) is 6.83. The van der Waals surface area contributed by atoms with Gasteiger partial charge in [-0.3, -0.25) is 0 Å². The number of hydrogen-bond donors (Lipinski definition) is 1. The lowest BCUT2D eigenvalue weighted by Gasteiger charge is -2.43. The largest absolute Gasteiger partial charge is 0.377 e. The standard InChI is InChI=1S/C11H21NO2/c1-4-6-7-12-9-8-10(14-5-2)11(9)13-3/h4,9-12H,1,5-8H2,2-3H3. The molecule has 1 saturated carbocycles. The molecule has 14 heavy (non-hydrogen) atoms. The lowest BCUT2D eigenvalue weighted by molar-refractivity contribution is -0.131. The van der Waals surface area contributed by atoms with Crippen LogP contribution in [0.3, 0.4) is 0 Å². The maximum atomic E-state index is 5.53. The van der Waals surface area contributed by atoms with Gasteiger partial charge in [-0.1, -0.05) is 6.08 Å². The molecule has 1 fully saturated rings. The molecule has 0 saturated heterocycles. The van der Waals surface area contributed by atoms with Gasteiger partial charge in [-0.25, -0.2) is 0 Å². The van der Waals surface area contributed by atoms with Crippen LogP contribution < -0.4 is 5.32 Å².